The molecule has 0 spiro atoms. The van der Waals surface area contributed by atoms with Crippen LogP contribution in [0.25, 0.3) is 0 Å². The van der Waals surface area contributed by atoms with E-state index < -0.39 is 12.1 Å². The van der Waals surface area contributed by atoms with Gasteiger partial charge < -0.3 is 30.2 Å². The minimum Gasteiger partial charge on any atom is -0.493 e. The topological polar surface area (TPSA) is 97.9 Å². The first-order valence-corrected chi connectivity index (χ1v) is 14.6. The first kappa shape index (κ1) is 30.7. The fraction of sp³-hybridized carbons (Fsp3) is 0.135. The number of nitrogens with one attached hydrogen (secondary N) is 3. The van der Waals surface area contributed by atoms with E-state index in [0.717, 1.165) is 16.7 Å². The Balaban J connectivity index is 1.39. The Kier molecular flexibility index (Phi) is 10.3. The molecule has 0 bridgehead atoms. The third-order valence-corrected chi connectivity index (χ3v) is 7.11. The van der Waals surface area contributed by atoms with Crippen molar-refractivity contribution >= 4 is 23.3 Å². The molecule has 0 unspecified atom stereocenters. The molecule has 3 amide bonds. The lowest BCUT2D eigenvalue weighted by Crippen LogP contribution is -2.27. The van der Waals surface area contributed by atoms with Crippen LogP contribution < -0.4 is 30.2 Å². The first-order chi connectivity index (χ1) is 22.0. The Morgan fingerprint density at radius 3 is 1.82 bits per heavy atom. The van der Waals surface area contributed by atoms with E-state index in [1.807, 2.05) is 97.1 Å². The average molecular weight is 602 g/mol. The molecule has 228 valence electrons. The molecule has 0 atom stereocenters. The van der Waals surface area contributed by atoms with Crippen molar-refractivity contribution in [3.8, 4) is 17.2 Å². The van der Waals surface area contributed by atoms with Gasteiger partial charge in [0, 0.05) is 17.9 Å². The van der Waals surface area contributed by atoms with Gasteiger partial charge in [0.25, 0.3) is 5.91 Å². The smallest absolute Gasteiger partial charge is 0.323 e. The Morgan fingerprint density at radius 1 is 0.622 bits per heavy atom. The molecule has 0 aromatic heterocycles. The van der Waals surface area contributed by atoms with Gasteiger partial charge in [0.2, 0.25) is 0 Å². The molecular weight excluding hydrogens is 566 g/mol. The third-order valence-electron chi connectivity index (χ3n) is 7.11. The summed E-state index contributed by atoms with van der Waals surface area (Å²) >= 11 is 0. The van der Waals surface area contributed by atoms with Crippen LogP contribution in [0.4, 0.5) is 16.2 Å². The van der Waals surface area contributed by atoms with Crippen molar-refractivity contribution in [3.05, 3.63) is 150 Å². The van der Waals surface area contributed by atoms with Gasteiger partial charge in [-0.25, -0.2) is 4.79 Å². The lowest BCUT2D eigenvalue weighted by atomic mass is 10.0. The van der Waals surface area contributed by atoms with Crippen molar-refractivity contribution < 1.29 is 23.8 Å². The van der Waals surface area contributed by atoms with Crippen LogP contribution in [0.2, 0.25) is 0 Å². The number of urea groups is 1. The van der Waals surface area contributed by atoms with Crippen LogP contribution >= 0.6 is 0 Å². The minimum atomic E-state index is -0.467. The van der Waals surface area contributed by atoms with Crippen LogP contribution in [-0.4, -0.2) is 32.7 Å². The predicted molar refractivity (Wildman–Crippen MR) is 176 cm³/mol. The molecule has 0 aliphatic heterocycles. The van der Waals surface area contributed by atoms with E-state index in [1.54, 1.807) is 44.6 Å². The molecule has 0 saturated carbocycles. The second-order valence-electron chi connectivity index (χ2n) is 10.2. The summed E-state index contributed by atoms with van der Waals surface area (Å²) in [6.45, 7) is 0.362. The normalized spacial score (nSPS) is 10.6. The van der Waals surface area contributed by atoms with Crippen molar-refractivity contribution in [2.45, 2.75) is 12.5 Å². The lowest BCUT2D eigenvalue weighted by Gasteiger charge is -2.22. The van der Waals surface area contributed by atoms with E-state index in [9.17, 15) is 9.59 Å². The van der Waals surface area contributed by atoms with Crippen molar-refractivity contribution in [1.82, 2.24) is 5.32 Å². The van der Waals surface area contributed by atoms with Crippen molar-refractivity contribution in [2.24, 2.45) is 0 Å². The number of benzene rings is 5. The number of rotatable bonds is 12. The first-order valence-electron chi connectivity index (χ1n) is 14.6. The molecule has 0 heterocycles. The summed E-state index contributed by atoms with van der Waals surface area (Å²) < 4.78 is 17.3. The van der Waals surface area contributed by atoms with Gasteiger partial charge in [-0.15, -0.1) is 0 Å². The van der Waals surface area contributed by atoms with E-state index in [2.05, 4.69) is 16.0 Å². The number of amides is 3. The summed E-state index contributed by atoms with van der Waals surface area (Å²) in [6, 6.07) is 39.1. The molecule has 0 fully saturated rings. The molecular formula is C37H35N3O5. The fourth-order valence-electron chi connectivity index (χ4n) is 4.87. The SMILES string of the molecule is COc1ccc(CCNC(=O)c2cc(NC(=O)Nc3ccccc3)ccc2OC(c2ccccc2)c2ccccc2)cc1OC. The highest BCUT2D eigenvalue weighted by Crippen LogP contribution is 2.32. The zero-order chi connectivity index (χ0) is 31.4. The van der Waals surface area contributed by atoms with Crippen molar-refractivity contribution in [2.75, 3.05) is 31.4 Å². The molecule has 8 nitrogen and oxygen atoms in total. The molecule has 5 aromatic rings. The molecule has 8 heteroatoms. The number of methoxy groups -OCH3 is 2. The largest absolute Gasteiger partial charge is 0.493 e. The molecule has 0 radical (unpaired) electrons. The number of anilines is 2. The van der Waals surface area contributed by atoms with E-state index >= 15 is 0 Å². The van der Waals surface area contributed by atoms with E-state index in [1.165, 1.54) is 0 Å². The molecule has 45 heavy (non-hydrogen) atoms. The van der Waals surface area contributed by atoms with Crippen LogP contribution in [0.15, 0.2) is 127 Å². The summed E-state index contributed by atoms with van der Waals surface area (Å²) in [5.74, 6) is 1.30. The Labute approximate surface area is 263 Å². The molecule has 0 aliphatic rings. The fourth-order valence-corrected chi connectivity index (χ4v) is 4.87. The Morgan fingerprint density at radius 2 is 1.20 bits per heavy atom. The van der Waals surface area contributed by atoms with Gasteiger partial charge in [0.15, 0.2) is 11.5 Å². The summed E-state index contributed by atoms with van der Waals surface area (Å²) in [7, 11) is 3.18. The molecule has 3 N–H and O–H groups in total. The third kappa shape index (κ3) is 8.20. The molecule has 0 saturated heterocycles. The summed E-state index contributed by atoms with van der Waals surface area (Å²) in [6.07, 6.45) is 0.0991. The van der Waals surface area contributed by atoms with Gasteiger partial charge in [-0.2, -0.15) is 0 Å². The zero-order valence-electron chi connectivity index (χ0n) is 25.2. The summed E-state index contributed by atoms with van der Waals surface area (Å²) in [5.41, 5.74) is 4.23. The number of ether oxygens (including phenoxy) is 3. The van der Waals surface area contributed by atoms with E-state index in [4.69, 9.17) is 14.2 Å². The van der Waals surface area contributed by atoms with Crippen LogP contribution in [0.1, 0.15) is 33.2 Å². The quantitative estimate of drug-likeness (QED) is 0.138. The maximum atomic E-state index is 13.7. The van der Waals surface area contributed by atoms with Crippen LogP contribution in [0, 0.1) is 0 Å². The maximum Gasteiger partial charge on any atom is 0.323 e. The standard InChI is InChI=1S/C37H35N3O5/c1-43-33-20-18-26(24-34(33)44-2)22-23-38-36(41)31-25-30(40-37(42)39-29-16-10-5-11-17-29)19-21-32(31)45-35(27-12-6-3-7-13-27)28-14-8-4-9-15-28/h3-21,24-25,35H,22-23H2,1-2H3,(H,38,41)(H2,39,40,42). The minimum absolute atomic E-state index is 0.289. The van der Waals surface area contributed by atoms with Crippen molar-refractivity contribution in [3.63, 3.8) is 0 Å². The van der Waals surface area contributed by atoms with Gasteiger partial charge in [0.1, 0.15) is 11.9 Å². The van der Waals surface area contributed by atoms with Crippen molar-refractivity contribution in [1.29, 1.82) is 0 Å². The number of para-hydroxylation sites is 1. The molecule has 5 rings (SSSR count). The summed E-state index contributed by atoms with van der Waals surface area (Å²) in [4.78, 5) is 26.4. The maximum absolute atomic E-state index is 13.7. The van der Waals surface area contributed by atoms with Gasteiger partial charge in [0.05, 0.1) is 19.8 Å². The number of hydrogen-bond donors (Lipinski definition) is 3. The molecule has 5 aromatic carbocycles. The number of carbonyl (C=O) groups excluding carboxylic acids is 2. The second kappa shape index (κ2) is 15.1. The van der Waals surface area contributed by atoms with E-state index in [0.29, 0.717) is 41.6 Å². The number of hydrogen-bond acceptors (Lipinski definition) is 5. The molecule has 0 aliphatic carbocycles. The Bertz CT molecular complexity index is 1670. The summed E-state index contributed by atoms with van der Waals surface area (Å²) in [5, 5.41) is 8.63. The lowest BCUT2D eigenvalue weighted by molar-refractivity contribution is 0.0948. The van der Waals surface area contributed by atoms with E-state index in [-0.39, 0.29) is 11.5 Å². The highest BCUT2D eigenvalue weighted by atomic mass is 16.5. The average Bonchev–Trinajstić information content (AvgIpc) is 3.08. The van der Waals surface area contributed by atoms with Crippen LogP contribution in [0.5, 0.6) is 17.2 Å². The zero-order valence-corrected chi connectivity index (χ0v) is 25.2. The van der Waals surface area contributed by atoms with Gasteiger partial charge in [-0.1, -0.05) is 84.9 Å². The van der Waals surface area contributed by atoms with Crippen LogP contribution in [0.3, 0.4) is 0 Å². The van der Waals surface area contributed by atoms with Gasteiger partial charge in [-0.05, 0) is 65.6 Å². The van der Waals surface area contributed by atoms with Gasteiger partial charge in [-0.3, -0.25) is 4.79 Å². The second-order valence-corrected chi connectivity index (χ2v) is 10.2. The predicted octanol–water partition coefficient (Wildman–Crippen LogP) is 7.49. The highest BCUT2D eigenvalue weighted by molar-refractivity contribution is 6.02. The monoisotopic (exact) mass is 601 g/mol. The number of carbonyl (C=O) groups is 2. The highest BCUT2D eigenvalue weighted by Gasteiger charge is 2.21. The Hall–Kier alpha value is -5.76. The van der Waals surface area contributed by atoms with Crippen LogP contribution in [-0.2, 0) is 6.42 Å². The van der Waals surface area contributed by atoms with Gasteiger partial charge >= 0.3 is 6.03 Å².